The van der Waals surface area contributed by atoms with Crippen LogP contribution in [0.4, 0.5) is 5.82 Å². The van der Waals surface area contributed by atoms with Crippen molar-refractivity contribution in [2.45, 2.75) is 32.6 Å². The van der Waals surface area contributed by atoms with E-state index in [4.69, 9.17) is 0 Å². The molecule has 28 heavy (non-hydrogen) atoms. The van der Waals surface area contributed by atoms with Gasteiger partial charge in [0.2, 0.25) is 5.82 Å². The Morgan fingerprint density at radius 2 is 2.00 bits per heavy atom. The van der Waals surface area contributed by atoms with Crippen LogP contribution in [0.2, 0.25) is 0 Å². The average molecular weight is 378 g/mol. The summed E-state index contributed by atoms with van der Waals surface area (Å²) < 4.78 is 1.59. The molecule has 9 heteroatoms. The molecule has 1 N–H and O–H groups in total. The molecule has 4 heterocycles. The predicted octanol–water partition coefficient (Wildman–Crippen LogP) is 1.27. The Morgan fingerprint density at radius 3 is 2.71 bits per heavy atom. The SMILES string of the molecule is Cc1cc(C)n2nc(C(=O)NCC3CN(c4ccc(C5CC5)nn4)C3)nc2n1. The molecule has 0 radical (unpaired) electrons. The zero-order valence-electron chi connectivity index (χ0n) is 16.0. The van der Waals surface area contributed by atoms with E-state index in [2.05, 4.69) is 41.5 Å². The summed E-state index contributed by atoms with van der Waals surface area (Å²) in [5.41, 5.74) is 2.86. The van der Waals surface area contributed by atoms with Gasteiger partial charge in [0.25, 0.3) is 11.7 Å². The van der Waals surface area contributed by atoms with Crippen LogP contribution >= 0.6 is 0 Å². The summed E-state index contributed by atoms with van der Waals surface area (Å²) >= 11 is 0. The monoisotopic (exact) mass is 378 g/mol. The van der Waals surface area contributed by atoms with Crippen molar-refractivity contribution in [1.29, 1.82) is 0 Å². The predicted molar refractivity (Wildman–Crippen MR) is 102 cm³/mol. The molecule has 0 spiro atoms. The van der Waals surface area contributed by atoms with Crippen LogP contribution in [0.3, 0.4) is 0 Å². The fraction of sp³-hybridized carbons (Fsp3) is 0.474. The van der Waals surface area contributed by atoms with Crippen LogP contribution in [0.25, 0.3) is 5.78 Å². The first-order valence-electron chi connectivity index (χ1n) is 9.64. The van der Waals surface area contributed by atoms with Crippen LogP contribution < -0.4 is 10.2 Å². The molecule has 1 aliphatic heterocycles. The van der Waals surface area contributed by atoms with E-state index in [-0.39, 0.29) is 11.7 Å². The highest BCUT2D eigenvalue weighted by molar-refractivity contribution is 5.90. The molecule has 1 saturated carbocycles. The smallest absolute Gasteiger partial charge is 0.291 e. The molecule has 9 nitrogen and oxygen atoms in total. The third-order valence-corrected chi connectivity index (χ3v) is 5.32. The van der Waals surface area contributed by atoms with Gasteiger partial charge in [-0.05, 0) is 44.9 Å². The highest BCUT2D eigenvalue weighted by Crippen LogP contribution is 2.38. The summed E-state index contributed by atoms with van der Waals surface area (Å²) in [5.74, 6) is 2.25. The summed E-state index contributed by atoms with van der Waals surface area (Å²) in [6, 6.07) is 6.04. The first kappa shape index (κ1) is 17.0. The molecular weight excluding hydrogens is 356 g/mol. The number of fused-ring (bicyclic) bond motifs is 1. The molecule has 0 atom stereocenters. The Hall–Kier alpha value is -3.10. The minimum atomic E-state index is -0.269. The third kappa shape index (κ3) is 3.17. The molecular formula is C19H22N8O. The Balaban J connectivity index is 1.15. The second-order valence-electron chi connectivity index (χ2n) is 7.76. The number of nitrogens with one attached hydrogen (secondary N) is 1. The van der Waals surface area contributed by atoms with Crippen molar-refractivity contribution < 1.29 is 4.79 Å². The van der Waals surface area contributed by atoms with E-state index in [1.807, 2.05) is 26.0 Å². The number of carbonyl (C=O) groups is 1. The standard InChI is InChI=1S/C19H22N8O/c1-11-7-12(2)27-19(21-11)22-17(25-27)18(28)20-8-13-9-26(10-13)16-6-5-15(23-24-16)14-3-4-14/h5-7,13-14H,3-4,8-10H2,1-2H3,(H,20,28). The van der Waals surface area contributed by atoms with Crippen LogP contribution in [-0.2, 0) is 0 Å². The van der Waals surface area contributed by atoms with Gasteiger partial charge in [0.1, 0.15) is 0 Å². The summed E-state index contributed by atoms with van der Waals surface area (Å²) in [4.78, 5) is 23.1. The van der Waals surface area contributed by atoms with Crippen molar-refractivity contribution in [3.8, 4) is 0 Å². The summed E-state index contributed by atoms with van der Waals surface area (Å²) in [6.45, 7) is 6.12. The minimum Gasteiger partial charge on any atom is -0.354 e. The van der Waals surface area contributed by atoms with Gasteiger partial charge in [-0.25, -0.2) is 9.50 Å². The van der Waals surface area contributed by atoms with E-state index in [1.165, 1.54) is 12.8 Å². The van der Waals surface area contributed by atoms with Crippen molar-refractivity contribution in [3.63, 3.8) is 0 Å². The number of amides is 1. The minimum absolute atomic E-state index is 0.152. The Labute approximate surface area is 162 Å². The van der Waals surface area contributed by atoms with E-state index in [1.54, 1.807) is 4.52 Å². The maximum atomic E-state index is 12.4. The molecule has 0 aromatic carbocycles. The highest BCUT2D eigenvalue weighted by Gasteiger charge is 2.30. The number of aryl methyl sites for hydroxylation is 2. The van der Waals surface area contributed by atoms with Crippen LogP contribution in [0, 0.1) is 19.8 Å². The van der Waals surface area contributed by atoms with Gasteiger partial charge in [-0.15, -0.1) is 10.2 Å². The number of rotatable bonds is 5. The topological polar surface area (TPSA) is 101 Å². The van der Waals surface area contributed by atoms with Gasteiger partial charge in [-0.1, -0.05) is 0 Å². The lowest BCUT2D eigenvalue weighted by molar-refractivity contribution is 0.0934. The van der Waals surface area contributed by atoms with Crippen molar-refractivity contribution in [2.75, 3.05) is 24.5 Å². The van der Waals surface area contributed by atoms with Crippen LogP contribution in [-0.4, -0.2) is 55.3 Å². The maximum Gasteiger partial charge on any atom is 0.291 e. The highest BCUT2D eigenvalue weighted by atomic mass is 16.2. The van der Waals surface area contributed by atoms with Gasteiger partial charge in [0.15, 0.2) is 5.82 Å². The molecule has 2 aliphatic rings. The van der Waals surface area contributed by atoms with Gasteiger partial charge in [0, 0.05) is 42.9 Å². The number of carbonyl (C=O) groups excluding carboxylic acids is 1. The molecule has 2 fully saturated rings. The molecule has 0 bridgehead atoms. The third-order valence-electron chi connectivity index (χ3n) is 5.32. The molecule has 5 rings (SSSR count). The lowest BCUT2D eigenvalue weighted by Crippen LogP contribution is -2.52. The van der Waals surface area contributed by atoms with Crippen molar-refractivity contribution in [2.24, 2.45) is 5.92 Å². The second kappa shape index (κ2) is 6.50. The van der Waals surface area contributed by atoms with E-state index in [0.717, 1.165) is 36.0 Å². The van der Waals surface area contributed by atoms with Gasteiger partial charge in [-0.2, -0.15) is 10.1 Å². The lowest BCUT2D eigenvalue weighted by atomic mass is 10.0. The fourth-order valence-electron chi connectivity index (χ4n) is 3.57. The number of nitrogens with zero attached hydrogens (tertiary/aromatic N) is 7. The first-order valence-corrected chi connectivity index (χ1v) is 9.64. The maximum absolute atomic E-state index is 12.4. The van der Waals surface area contributed by atoms with E-state index in [9.17, 15) is 4.79 Å². The Bertz CT molecular complexity index is 1030. The normalized spacial score (nSPS) is 17.0. The van der Waals surface area contributed by atoms with Crippen LogP contribution in [0.1, 0.15) is 46.5 Å². The molecule has 1 saturated heterocycles. The van der Waals surface area contributed by atoms with Gasteiger partial charge < -0.3 is 10.2 Å². The van der Waals surface area contributed by atoms with Gasteiger partial charge >= 0.3 is 0 Å². The molecule has 1 amide bonds. The first-order chi connectivity index (χ1) is 13.6. The largest absolute Gasteiger partial charge is 0.354 e. The summed E-state index contributed by atoms with van der Waals surface area (Å²) in [5, 5.41) is 15.9. The molecule has 0 unspecified atom stereocenters. The van der Waals surface area contributed by atoms with E-state index in [0.29, 0.717) is 24.2 Å². The Kier molecular flexibility index (Phi) is 3.96. The number of aromatic nitrogens is 6. The summed E-state index contributed by atoms with van der Waals surface area (Å²) in [6.07, 6.45) is 2.46. The van der Waals surface area contributed by atoms with Crippen LogP contribution in [0.5, 0.6) is 0 Å². The average Bonchev–Trinajstić information content (AvgIpc) is 3.40. The van der Waals surface area contributed by atoms with Gasteiger partial charge in [0.05, 0.1) is 5.69 Å². The Morgan fingerprint density at radius 1 is 1.18 bits per heavy atom. The fourth-order valence-corrected chi connectivity index (χ4v) is 3.57. The zero-order chi connectivity index (χ0) is 19.3. The lowest BCUT2D eigenvalue weighted by Gasteiger charge is -2.39. The molecule has 144 valence electrons. The second-order valence-corrected chi connectivity index (χ2v) is 7.76. The number of anilines is 1. The van der Waals surface area contributed by atoms with E-state index < -0.39 is 0 Å². The van der Waals surface area contributed by atoms with Crippen LogP contribution in [0.15, 0.2) is 18.2 Å². The molecule has 1 aliphatic carbocycles. The summed E-state index contributed by atoms with van der Waals surface area (Å²) in [7, 11) is 0. The van der Waals surface area contributed by atoms with Gasteiger partial charge in [-0.3, -0.25) is 4.79 Å². The van der Waals surface area contributed by atoms with Crippen molar-refractivity contribution in [1.82, 2.24) is 35.1 Å². The number of hydrogen-bond acceptors (Lipinski definition) is 7. The quantitative estimate of drug-likeness (QED) is 0.713. The number of hydrogen-bond donors (Lipinski definition) is 1. The molecule has 3 aromatic rings. The van der Waals surface area contributed by atoms with Crippen molar-refractivity contribution in [3.05, 3.63) is 41.1 Å². The zero-order valence-corrected chi connectivity index (χ0v) is 16.0. The molecule has 3 aromatic heterocycles. The van der Waals surface area contributed by atoms with Crippen molar-refractivity contribution >= 4 is 17.5 Å². The van der Waals surface area contributed by atoms with E-state index >= 15 is 0 Å².